The van der Waals surface area contributed by atoms with Gasteiger partial charge in [0.15, 0.2) is 0 Å². The lowest BCUT2D eigenvalue weighted by molar-refractivity contribution is -0.122. The molecule has 0 bridgehead atoms. The number of benzene rings is 3. The summed E-state index contributed by atoms with van der Waals surface area (Å²) in [6.45, 7) is 1.55. The highest BCUT2D eigenvalue weighted by Gasteiger charge is 2.08. The molecule has 0 heterocycles. The summed E-state index contributed by atoms with van der Waals surface area (Å²) in [4.78, 5) is 14.2. The van der Waals surface area contributed by atoms with Crippen LogP contribution in [0, 0.1) is 0 Å². The number of carbonyl (C=O) groups excluding carboxylic acids is 1. The summed E-state index contributed by atoms with van der Waals surface area (Å²) < 4.78 is 5.26. The average Bonchev–Trinajstić information content (AvgIpc) is 2.67. The minimum atomic E-state index is -0.00187. The molecular formula is C22H23ClN2O2. The quantitative estimate of drug-likeness (QED) is 0.664. The third-order valence-electron chi connectivity index (χ3n) is 4.38. The number of rotatable bonds is 7. The first-order valence-electron chi connectivity index (χ1n) is 8.80. The second-order valence-electron chi connectivity index (χ2n) is 6.62. The van der Waals surface area contributed by atoms with Crippen LogP contribution < -0.4 is 10.1 Å². The molecule has 1 N–H and O–H groups in total. The van der Waals surface area contributed by atoms with Crippen LogP contribution in [-0.4, -0.2) is 31.5 Å². The molecule has 3 rings (SSSR count). The van der Waals surface area contributed by atoms with Gasteiger partial charge in [-0.3, -0.25) is 9.69 Å². The van der Waals surface area contributed by atoms with E-state index < -0.39 is 0 Å². The largest absolute Gasteiger partial charge is 0.497 e. The Balaban J connectivity index is 1.53. The lowest BCUT2D eigenvalue weighted by Crippen LogP contribution is -2.34. The second kappa shape index (κ2) is 8.89. The zero-order valence-electron chi connectivity index (χ0n) is 15.5. The fourth-order valence-corrected chi connectivity index (χ4v) is 3.10. The number of hydrogen-bond donors (Lipinski definition) is 1. The van der Waals surface area contributed by atoms with E-state index >= 15 is 0 Å². The Hall–Kier alpha value is -2.56. The van der Waals surface area contributed by atoms with Crippen molar-refractivity contribution in [1.82, 2.24) is 10.2 Å². The zero-order chi connectivity index (χ0) is 19.2. The van der Waals surface area contributed by atoms with Gasteiger partial charge in [0.05, 0.1) is 13.7 Å². The lowest BCUT2D eigenvalue weighted by Gasteiger charge is -2.17. The van der Waals surface area contributed by atoms with Crippen molar-refractivity contribution in [3.8, 4) is 5.75 Å². The molecule has 0 atom stereocenters. The molecule has 3 aromatic rings. The number of halogens is 1. The van der Waals surface area contributed by atoms with Gasteiger partial charge in [-0.2, -0.15) is 0 Å². The number of amides is 1. The van der Waals surface area contributed by atoms with Crippen molar-refractivity contribution in [2.75, 3.05) is 20.7 Å². The summed E-state index contributed by atoms with van der Waals surface area (Å²) in [5.41, 5.74) is 2.20. The number of carbonyl (C=O) groups is 1. The standard InChI is InChI=1S/C22H23ClN2O2/c1-25(15-22(26)24-13-16-4-8-20(23)9-5-16)14-17-3-6-19-12-21(27-2)10-7-18(19)11-17/h3-12H,13-15H2,1-2H3,(H,24,26). The maximum Gasteiger partial charge on any atom is 0.234 e. The summed E-state index contributed by atoms with van der Waals surface area (Å²) in [7, 11) is 3.61. The van der Waals surface area contributed by atoms with E-state index in [1.165, 1.54) is 5.56 Å². The SMILES string of the molecule is COc1ccc2cc(CN(C)CC(=O)NCc3ccc(Cl)cc3)ccc2c1. The van der Waals surface area contributed by atoms with Gasteiger partial charge in [0.2, 0.25) is 5.91 Å². The van der Waals surface area contributed by atoms with Crippen molar-refractivity contribution in [3.05, 3.63) is 76.8 Å². The van der Waals surface area contributed by atoms with Gasteiger partial charge in [-0.1, -0.05) is 41.9 Å². The van der Waals surface area contributed by atoms with E-state index in [0.717, 1.165) is 22.1 Å². The summed E-state index contributed by atoms with van der Waals surface area (Å²) >= 11 is 5.87. The van der Waals surface area contributed by atoms with Crippen LogP contribution in [0.5, 0.6) is 5.75 Å². The van der Waals surface area contributed by atoms with Crippen LogP contribution in [0.1, 0.15) is 11.1 Å². The first-order chi connectivity index (χ1) is 13.0. The first-order valence-corrected chi connectivity index (χ1v) is 9.17. The Morgan fingerprint density at radius 2 is 1.67 bits per heavy atom. The topological polar surface area (TPSA) is 41.6 Å². The highest BCUT2D eigenvalue weighted by Crippen LogP contribution is 2.22. The van der Waals surface area contributed by atoms with Crippen LogP contribution in [-0.2, 0) is 17.9 Å². The van der Waals surface area contributed by atoms with E-state index in [2.05, 4.69) is 29.6 Å². The highest BCUT2D eigenvalue weighted by molar-refractivity contribution is 6.30. The fraction of sp³-hybridized carbons (Fsp3) is 0.227. The molecule has 0 saturated carbocycles. The van der Waals surface area contributed by atoms with E-state index in [0.29, 0.717) is 24.7 Å². The van der Waals surface area contributed by atoms with Crippen LogP contribution in [0.15, 0.2) is 60.7 Å². The monoisotopic (exact) mass is 382 g/mol. The van der Waals surface area contributed by atoms with Crippen LogP contribution in [0.25, 0.3) is 10.8 Å². The molecule has 5 heteroatoms. The average molecular weight is 383 g/mol. The molecule has 0 aliphatic heterocycles. The minimum absolute atomic E-state index is 0.00187. The lowest BCUT2D eigenvalue weighted by atomic mass is 10.1. The Bertz CT molecular complexity index is 925. The molecule has 0 radical (unpaired) electrons. The van der Waals surface area contributed by atoms with E-state index in [-0.39, 0.29) is 5.91 Å². The molecule has 27 heavy (non-hydrogen) atoms. The molecule has 0 spiro atoms. The van der Waals surface area contributed by atoms with Crippen LogP contribution in [0.3, 0.4) is 0 Å². The van der Waals surface area contributed by atoms with Crippen molar-refractivity contribution >= 4 is 28.3 Å². The Morgan fingerprint density at radius 1 is 1.00 bits per heavy atom. The summed E-state index contributed by atoms with van der Waals surface area (Å²) in [5, 5.41) is 5.93. The highest BCUT2D eigenvalue weighted by atomic mass is 35.5. The van der Waals surface area contributed by atoms with Gasteiger partial charge < -0.3 is 10.1 Å². The number of ether oxygens (including phenoxy) is 1. The van der Waals surface area contributed by atoms with Crippen LogP contribution >= 0.6 is 11.6 Å². The Kier molecular flexibility index (Phi) is 6.32. The molecule has 0 unspecified atom stereocenters. The van der Waals surface area contributed by atoms with E-state index in [1.54, 1.807) is 7.11 Å². The third kappa shape index (κ3) is 5.46. The molecular weight excluding hydrogens is 360 g/mol. The summed E-state index contributed by atoms with van der Waals surface area (Å²) in [6.07, 6.45) is 0. The smallest absolute Gasteiger partial charge is 0.234 e. The van der Waals surface area contributed by atoms with Gasteiger partial charge in [-0.15, -0.1) is 0 Å². The van der Waals surface area contributed by atoms with Crippen molar-refractivity contribution in [3.63, 3.8) is 0 Å². The molecule has 1 amide bonds. The predicted molar refractivity (Wildman–Crippen MR) is 110 cm³/mol. The molecule has 4 nitrogen and oxygen atoms in total. The third-order valence-corrected chi connectivity index (χ3v) is 4.63. The number of hydrogen-bond acceptors (Lipinski definition) is 3. The molecule has 140 valence electrons. The van der Waals surface area contributed by atoms with E-state index in [4.69, 9.17) is 16.3 Å². The molecule has 0 aliphatic carbocycles. The fourth-order valence-electron chi connectivity index (χ4n) is 2.97. The molecule has 3 aromatic carbocycles. The van der Waals surface area contributed by atoms with Crippen molar-refractivity contribution in [2.45, 2.75) is 13.1 Å². The van der Waals surface area contributed by atoms with Crippen molar-refractivity contribution in [2.24, 2.45) is 0 Å². The Morgan fingerprint density at radius 3 is 2.41 bits per heavy atom. The molecule has 0 saturated heterocycles. The zero-order valence-corrected chi connectivity index (χ0v) is 16.3. The van der Waals surface area contributed by atoms with Gasteiger partial charge in [-0.25, -0.2) is 0 Å². The van der Waals surface area contributed by atoms with Gasteiger partial charge in [0, 0.05) is 18.1 Å². The van der Waals surface area contributed by atoms with E-state index in [9.17, 15) is 4.79 Å². The number of fused-ring (bicyclic) bond motifs is 1. The number of nitrogens with zero attached hydrogens (tertiary/aromatic N) is 1. The van der Waals surface area contributed by atoms with Crippen molar-refractivity contribution in [1.29, 1.82) is 0 Å². The normalized spacial score (nSPS) is 11.0. The van der Waals surface area contributed by atoms with Gasteiger partial charge in [0.1, 0.15) is 5.75 Å². The maximum absolute atomic E-state index is 12.2. The molecule has 0 aromatic heterocycles. The second-order valence-corrected chi connectivity index (χ2v) is 7.06. The number of methoxy groups -OCH3 is 1. The van der Waals surface area contributed by atoms with Crippen LogP contribution in [0.4, 0.5) is 0 Å². The minimum Gasteiger partial charge on any atom is -0.497 e. The maximum atomic E-state index is 12.2. The van der Waals surface area contributed by atoms with Gasteiger partial charge in [-0.05, 0) is 59.3 Å². The number of nitrogens with one attached hydrogen (secondary N) is 1. The number of likely N-dealkylation sites (N-methyl/N-ethyl adjacent to an activating group) is 1. The Labute approximate surface area is 164 Å². The molecule has 0 fully saturated rings. The summed E-state index contributed by atoms with van der Waals surface area (Å²) in [6, 6.07) is 19.8. The van der Waals surface area contributed by atoms with E-state index in [1.807, 2.05) is 48.3 Å². The van der Waals surface area contributed by atoms with Crippen LogP contribution in [0.2, 0.25) is 5.02 Å². The first kappa shape index (κ1) is 19.2. The predicted octanol–water partition coefficient (Wildman–Crippen LogP) is 4.25. The van der Waals surface area contributed by atoms with Gasteiger partial charge >= 0.3 is 0 Å². The van der Waals surface area contributed by atoms with Gasteiger partial charge in [0.25, 0.3) is 0 Å². The molecule has 0 aliphatic rings. The van der Waals surface area contributed by atoms with Crippen molar-refractivity contribution < 1.29 is 9.53 Å². The summed E-state index contributed by atoms with van der Waals surface area (Å²) in [5.74, 6) is 0.850.